The summed E-state index contributed by atoms with van der Waals surface area (Å²) in [6, 6.07) is 52.7. The van der Waals surface area contributed by atoms with Crippen molar-refractivity contribution in [1.82, 2.24) is 5.32 Å². The van der Waals surface area contributed by atoms with Crippen molar-refractivity contribution in [1.29, 1.82) is 0 Å². The van der Waals surface area contributed by atoms with Gasteiger partial charge in [0, 0.05) is 49.0 Å². The van der Waals surface area contributed by atoms with Gasteiger partial charge in [0.25, 0.3) is 0 Å². The van der Waals surface area contributed by atoms with Crippen LogP contribution in [0.4, 0.5) is 0 Å². The van der Waals surface area contributed by atoms with Gasteiger partial charge in [0.15, 0.2) is 11.7 Å². The Labute approximate surface area is 291 Å². The number of para-hydroxylation sites is 4. The van der Waals surface area contributed by atoms with Crippen molar-refractivity contribution in [2.24, 2.45) is 0 Å². The molecule has 2 atom stereocenters. The number of benzene rings is 7. The molecule has 0 radical (unpaired) electrons. The summed E-state index contributed by atoms with van der Waals surface area (Å²) in [5.41, 5.74) is 10.7. The van der Waals surface area contributed by atoms with Crippen LogP contribution < -0.4 is 15.6 Å². The fraction of sp³-hybridized carbons (Fsp3) is 0.0444. The van der Waals surface area contributed by atoms with E-state index in [9.17, 15) is 0 Å². The average molecular weight is 662 g/mol. The predicted octanol–water partition coefficient (Wildman–Crippen LogP) is 8.44. The van der Waals surface area contributed by atoms with E-state index in [2.05, 4.69) is 143 Å². The number of nitrogens with one attached hydrogen (secondary N) is 2. The van der Waals surface area contributed by atoms with Crippen LogP contribution in [0.2, 0.25) is 0 Å². The molecule has 242 valence electrons. The highest BCUT2D eigenvalue weighted by molar-refractivity contribution is 6.15. The normalized spacial score (nSPS) is 16.6. The zero-order valence-corrected chi connectivity index (χ0v) is 27.4. The van der Waals surface area contributed by atoms with Crippen LogP contribution in [0.3, 0.4) is 0 Å². The summed E-state index contributed by atoms with van der Waals surface area (Å²) in [4.78, 5) is 3.85. The molecule has 51 heavy (non-hydrogen) atoms. The van der Waals surface area contributed by atoms with E-state index in [1.807, 2.05) is 24.3 Å². The maximum atomic E-state index is 6.93. The number of hydrogen-bond acceptors (Lipinski definition) is 4. The summed E-state index contributed by atoms with van der Waals surface area (Å²) in [5.74, 6) is 1.01. The molecule has 0 amide bonds. The molecule has 0 aliphatic carbocycles. The van der Waals surface area contributed by atoms with Crippen LogP contribution in [-0.4, -0.2) is 5.84 Å². The van der Waals surface area contributed by atoms with Crippen LogP contribution in [0.15, 0.2) is 165 Å². The number of amidine groups is 1. The van der Waals surface area contributed by atoms with Gasteiger partial charge in [0.2, 0.25) is 6.17 Å². The van der Waals surface area contributed by atoms with Gasteiger partial charge in [0.1, 0.15) is 33.5 Å². The van der Waals surface area contributed by atoms with Gasteiger partial charge in [-0.1, -0.05) is 103 Å². The quantitative estimate of drug-likeness (QED) is 0.177. The molecule has 4 N–H and O–H groups in total. The number of hydrogen-bond donors (Lipinski definition) is 3. The van der Waals surface area contributed by atoms with Gasteiger partial charge >= 0.3 is 5.84 Å². The maximum absolute atomic E-state index is 6.93. The number of nitrogens with two attached hydrogens (primary N) is 1. The molecular formula is C45H31N3O3+2. The molecule has 0 bridgehead atoms. The first-order valence-electron chi connectivity index (χ1n) is 17.3. The number of furan rings is 3. The monoisotopic (exact) mass is 661 g/mol. The van der Waals surface area contributed by atoms with Gasteiger partial charge < -0.3 is 13.3 Å². The third-order valence-corrected chi connectivity index (χ3v) is 10.4. The molecule has 6 heteroatoms. The highest BCUT2D eigenvalue weighted by atomic mass is 16.3. The second-order valence-corrected chi connectivity index (χ2v) is 13.3. The van der Waals surface area contributed by atoms with E-state index in [-0.39, 0.29) is 12.3 Å². The predicted molar refractivity (Wildman–Crippen MR) is 202 cm³/mol. The molecule has 4 heterocycles. The molecule has 10 aromatic rings. The summed E-state index contributed by atoms with van der Waals surface area (Å²) in [5, 5.41) is 12.7. The minimum absolute atomic E-state index is 0.0324. The van der Waals surface area contributed by atoms with Gasteiger partial charge in [-0.2, -0.15) is 10.3 Å². The maximum Gasteiger partial charge on any atom is 0.373 e. The van der Waals surface area contributed by atoms with E-state index in [4.69, 9.17) is 13.3 Å². The Balaban J connectivity index is 1.06. The third kappa shape index (κ3) is 4.47. The molecule has 7 aromatic carbocycles. The van der Waals surface area contributed by atoms with Crippen LogP contribution in [-0.2, 0) is 0 Å². The molecule has 6 nitrogen and oxygen atoms in total. The molecule has 11 rings (SSSR count). The first kappa shape index (κ1) is 28.4. The van der Waals surface area contributed by atoms with Crippen molar-refractivity contribution >= 4 is 71.7 Å². The van der Waals surface area contributed by atoms with Gasteiger partial charge in [-0.05, 0) is 54.1 Å². The van der Waals surface area contributed by atoms with Crippen molar-refractivity contribution in [2.45, 2.75) is 12.3 Å². The Bertz CT molecular complexity index is 3000. The summed E-state index contributed by atoms with van der Waals surface area (Å²) < 4.78 is 19.3. The molecule has 0 fully saturated rings. The minimum Gasteiger partial charge on any atom is -0.456 e. The Hall–Kier alpha value is -6.47. The standard InChI is InChI=1S/C45H29N3O3/c1-2-10-26(11-3-1)43-46-44(28-21-23-39-36(24-28)31-13-5-7-19-38(31)49-39)48-45(47-43)35-17-9-16-34-33-15-8-14-29(41(33)51-42(34)35)27-20-22-32-30-12-4-6-18-37(30)50-40(32)25-27/h1-25,43-44,46H,(H,47,48)/p+2. The summed E-state index contributed by atoms with van der Waals surface area (Å²) in [6.07, 6.45) is -0.200. The van der Waals surface area contributed by atoms with Crippen molar-refractivity contribution < 1.29 is 23.6 Å². The first-order valence-corrected chi connectivity index (χ1v) is 17.3. The second kappa shape index (κ2) is 11.0. The van der Waals surface area contributed by atoms with Crippen LogP contribution in [0, 0.1) is 0 Å². The largest absolute Gasteiger partial charge is 0.456 e. The lowest BCUT2D eigenvalue weighted by Gasteiger charge is -2.23. The minimum atomic E-state index is -0.168. The Morgan fingerprint density at radius 3 is 1.88 bits per heavy atom. The molecular weight excluding hydrogens is 631 g/mol. The van der Waals surface area contributed by atoms with Gasteiger partial charge in [-0.15, -0.1) is 0 Å². The van der Waals surface area contributed by atoms with E-state index < -0.39 is 0 Å². The zero-order chi connectivity index (χ0) is 33.5. The lowest BCUT2D eigenvalue weighted by atomic mass is 10.0. The number of nitrogen functional groups attached to an aromatic ring is 1. The Morgan fingerprint density at radius 2 is 1.08 bits per heavy atom. The molecule has 3 aromatic heterocycles. The number of fused-ring (bicyclic) bond motifs is 9. The first-order chi connectivity index (χ1) is 25.2. The molecule has 1 aliphatic rings. The fourth-order valence-corrected chi connectivity index (χ4v) is 7.92. The lowest BCUT2D eigenvalue weighted by Crippen LogP contribution is -3.07. The van der Waals surface area contributed by atoms with E-state index >= 15 is 0 Å². The number of rotatable bonds is 4. The van der Waals surface area contributed by atoms with E-state index in [0.717, 1.165) is 93.9 Å². The van der Waals surface area contributed by atoms with Crippen LogP contribution in [0.1, 0.15) is 29.0 Å². The van der Waals surface area contributed by atoms with Crippen LogP contribution >= 0.6 is 0 Å². The van der Waals surface area contributed by atoms with Crippen molar-refractivity contribution in [3.63, 3.8) is 0 Å². The van der Waals surface area contributed by atoms with Crippen molar-refractivity contribution in [2.75, 3.05) is 0 Å². The summed E-state index contributed by atoms with van der Waals surface area (Å²) in [7, 11) is 0. The highest BCUT2D eigenvalue weighted by Gasteiger charge is 2.36. The van der Waals surface area contributed by atoms with Crippen LogP contribution in [0.25, 0.3) is 76.9 Å². The van der Waals surface area contributed by atoms with Crippen LogP contribution in [0.5, 0.6) is 0 Å². The third-order valence-electron chi connectivity index (χ3n) is 10.4. The Morgan fingerprint density at radius 1 is 0.451 bits per heavy atom. The molecule has 0 saturated carbocycles. The fourth-order valence-electron chi connectivity index (χ4n) is 7.92. The molecule has 0 saturated heterocycles. The van der Waals surface area contributed by atoms with E-state index in [1.54, 1.807) is 0 Å². The van der Waals surface area contributed by atoms with Gasteiger partial charge in [-0.3, -0.25) is 0 Å². The van der Waals surface area contributed by atoms with Gasteiger partial charge in [-0.25, -0.2) is 5.32 Å². The topological polar surface area (TPSA) is 82.0 Å². The van der Waals surface area contributed by atoms with Crippen molar-refractivity contribution in [3.8, 4) is 11.1 Å². The van der Waals surface area contributed by atoms with Gasteiger partial charge in [0.05, 0.1) is 0 Å². The number of quaternary nitrogens is 1. The molecule has 2 unspecified atom stereocenters. The molecule has 1 aliphatic heterocycles. The molecule has 0 spiro atoms. The van der Waals surface area contributed by atoms with E-state index in [0.29, 0.717) is 0 Å². The SMILES string of the molecule is c1ccc(C2NC(c3ccc4oc5ccccc5c4c3)[NH+]=C(c3cccc4c3oc3c(-c5ccc6c(c5)oc5ccccc56)cccc34)[NH2+]2)cc1. The Kier molecular flexibility index (Phi) is 6.13. The zero-order valence-electron chi connectivity index (χ0n) is 27.4. The van der Waals surface area contributed by atoms with E-state index in [1.165, 1.54) is 5.56 Å². The summed E-state index contributed by atoms with van der Waals surface area (Å²) in [6.45, 7) is 0. The lowest BCUT2D eigenvalue weighted by molar-refractivity contribution is -0.701. The summed E-state index contributed by atoms with van der Waals surface area (Å²) >= 11 is 0. The average Bonchev–Trinajstić information content (AvgIpc) is 3.88. The van der Waals surface area contributed by atoms with Crippen molar-refractivity contribution in [3.05, 3.63) is 168 Å². The highest BCUT2D eigenvalue weighted by Crippen LogP contribution is 2.39. The smallest absolute Gasteiger partial charge is 0.373 e. The second-order valence-electron chi connectivity index (χ2n) is 13.3.